The number of nitrogens with zero attached hydrogens (tertiary/aromatic N) is 3. The van der Waals surface area contributed by atoms with E-state index in [1.807, 2.05) is 12.1 Å². The average Bonchev–Trinajstić information content (AvgIpc) is 3.38. The van der Waals surface area contributed by atoms with Crippen LogP contribution in [0.15, 0.2) is 49.2 Å². The van der Waals surface area contributed by atoms with Crippen LogP contribution in [0.25, 0.3) is 11.1 Å². The first kappa shape index (κ1) is 21.3. The predicted octanol–water partition coefficient (Wildman–Crippen LogP) is 6.28. The molecule has 0 N–H and O–H groups in total. The van der Waals surface area contributed by atoms with Gasteiger partial charge in [0.25, 0.3) is 0 Å². The lowest BCUT2D eigenvalue weighted by molar-refractivity contribution is -0.141. The summed E-state index contributed by atoms with van der Waals surface area (Å²) in [6.45, 7) is 4.31. The van der Waals surface area contributed by atoms with Crippen LogP contribution in [0.1, 0.15) is 46.5 Å². The molecular weight excluding hydrogens is 459 g/mol. The van der Waals surface area contributed by atoms with Crippen molar-refractivity contribution >= 4 is 28.8 Å². The van der Waals surface area contributed by atoms with E-state index in [1.165, 1.54) is 28.3 Å². The van der Waals surface area contributed by atoms with E-state index in [0.717, 1.165) is 23.3 Å². The SMILES string of the molecule is C=CC(=O)N1Cc2sc(Cl)cc2C(c2ccccc2-c2cn(C3CC3)nc2C(F)(F)F)C1. The zero-order valence-corrected chi connectivity index (χ0v) is 18.5. The summed E-state index contributed by atoms with van der Waals surface area (Å²) in [6.07, 6.45) is -0.145. The minimum Gasteiger partial charge on any atom is -0.333 e. The molecule has 166 valence electrons. The number of rotatable bonds is 4. The van der Waals surface area contributed by atoms with Crippen LogP contribution in [0.4, 0.5) is 13.2 Å². The van der Waals surface area contributed by atoms with Gasteiger partial charge in [-0.05, 0) is 41.7 Å². The van der Waals surface area contributed by atoms with Crippen LogP contribution in [-0.4, -0.2) is 27.1 Å². The van der Waals surface area contributed by atoms with Gasteiger partial charge in [0.05, 0.1) is 16.9 Å². The van der Waals surface area contributed by atoms with Gasteiger partial charge in [0, 0.05) is 29.1 Å². The largest absolute Gasteiger partial charge is 0.435 e. The van der Waals surface area contributed by atoms with Crippen molar-refractivity contribution in [1.29, 1.82) is 0 Å². The molecule has 9 heteroatoms. The minimum atomic E-state index is -4.57. The minimum absolute atomic E-state index is 0.0229. The number of carbonyl (C=O) groups is 1. The first-order valence-corrected chi connectivity index (χ1v) is 11.4. The van der Waals surface area contributed by atoms with Crippen LogP contribution >= 0.6 is 22.9 Å². The van der Waals surface area contributed by atoms with Crippen LogP contribution in [0, 0.1) is 0 Å². The maximum atomic E-state index is 13.9. The molecule has 0 bridgehead atoms. The van der Waals surface area contributed by atoms with Gasteiger partial charge >= 0.3 is 6.18 Å². The summed E-state index contributed by atoms with van der Waals surface area (Å²) in [4.78, 5) is 15.0. The Balaban J connectivity index is 1.66. The highest BCUT2D eigenvalue weighted by Gasteiger charge is 2.40. The van der Waals surface area contributed by atoms with Crippen LogP contribution < -0.4 is 0 Å². The van der Waals surface area contributed by atoms with Crippen molar-refractivity contribution in [2.45, 2.75) is 37.5 Å². The molecule has 1 aliphatic carbocycles. The Morgan fingerprint density at radius 2 is 1.97 bits per heavy atom. The molecule has 4 nitrogen and oxygen atoms in total. The summed E-state index contributed by atoms with van der Waals surface area (Å²) in [7, 11) is 0. The molecule has 1 aromatic carbocycles. The van der Waals surface area contributed by atoms with Crippen LogP contribution in [0.5, 0.6) is 0 Å². The summed E-state index contributed by atoms with van der Waals surface area (Å²) >= 11 is 7.67. The van der Waals surface area contributed by atoms with Gasteiger partial charge in [-0.15, -0.1) is 11.3 Å². The fourth-order valence-corrected chi connectivity index (χ4v) is 5.67. The van der Waals surface area contributed by atoms with Crippen molar-refractivity contribution < 1.29 is 18.0 Å². The summed E-state index contributed by atoms with van der Waals surface area (Å²) in [5.74, 6) is -0.534. The Bertz CT molecular complexity index is 1210. The Morgan fingerprint density at radius 3 is 2.66 bits per heavy atom. The standard InChI is InChI=1S/C23H19ClF3N3OS/c1-2-21(31)29-10-17(16-9-20(24)32-19(16)12-29)14-5-3-4-6-15(14)18-11-30(13-7-8-13)28-22(18)23(25,26)27/h2-6,9,11,13,17H,1,7-8,10,12H2. The van der Waals surface area contributed by atoms with Crippen LogP contribution in [-0.2, 0) is 17.5 Å². The van der Waals surface area contributed by atoms with Crippen molar-refractivity contribution in [1.82, 2.24) is 14.7 Å². The van der Waals surface area contributed by atoms with Gasteiger partial charge in [-0.1, -0.05) is 42.4 Å². The number of halogens is 4. The number of thiophene rings is 1. The van der Waals surface area contributed by atoms with Gasteiger partial charge in [0.2, 0.25) is 5.91 Å². The summed E-state index contributed by atoms with van der Waals surface area (Å²) in [5.41, 5.74) is 1.32. The van der Waals surface area contributed by atoms with Gasteiger partial charge < -0.3 is 4.90 Å². The molecule has 1 fully saturated rings. The number of aromatic nitrogens is 2. The molecule has 1 aliphatic heterocycles. The third-order valence-corrected chi connectivity index (χ3v) is 7.22. The normalized spacial score (nSPS) is 18.5. The van der Waals surface area contributed by atoms with Crippen molar-refractivity contribution in [2.75, 3.05) is 6.54 Å². The lowest BCUT2D eigenvalue weighted by atomic mass is 9.84. The zero-order chi connectivity index (χ0) is 22.6. The Kier molecular flexibility index (Phi) is 5.17. The molecule has 0 radical (unpaired) electrons. The Morgan fingerprint density at radius 1 is 1.22 bits per heavy atom. The molecule has 3 aromatic rings. The first-order valence-electron chi connectivity index (χ1n) is 10.2. The monoisotopic (exact) mass is 477 g/mol. The van der Waals surface area contributed by atoms with Crippen molar-refractivity contribution in [3.63, 3.8) is 0 Å². The van der Waals surface area contributed by atoms with Gasteiger partial charge in [-0.3, -0.25) is 9.48 Å². The molecule has 3 heterocycles. The molecular formula is C23H19ClF3N3OS. The van der Waals surface area contributed by atoms with E-state index in [9.17, 15) is 18.0 Å². The van der Waals surface area contributed by atoms with Gasteiger partial charge in [0.15, 0.2) is 5.69 Å². The number of benzene rings is 1. The Labute approximate surface area is 191 Å². The van der Waals surface area contributed by atoms with Crippen LogP contribution in [0.3, 0.4) is 0 Å². The highest BCUT2D eigenvalue weighted by Crippen LogP contribution is 2.46. The zero-order valence-electron chi connectivity index (χ0n) is 16.9. The third kappa shape index (κ3) is 3.75. The maximum absolute atomic E-state index is 13.9. The van der Waals surface area contributed by atoms with E-state index in [4.69, 9.17) is 11.6 Å². The molecule has 0 saturated heterocycles. The summed E-state index contributed by atoms with van der Waals surface area (Å²) in [6, 6.07) is 8.93. The Hall–Kier alpha value is -2.58. The maximum Gasteiger partial charge on any atom is 0.435 e. The number of amides is 1. The van der Waals surface area contributed by atoms with Crippen molar-refractivity contribution in [2.24, 2.45) is 0 Å². The molecule has 2 aromatic heterocycles. The molecule has 1 amide bonds. The molecule has 32 heavy (non-hydrogen) atoms. The quantitative estimate of drug-likeness (QED) is 0.415. The molecule has 2 aliphatic rings. The third-order valence-electron chi connectivity index (χ3n) is 5.96. The topological polar surface area (TPSA) is 38.1 Å². The van der Waals surface area contributed by atoms with Crippen molar-refractivity contribution in [3.05, 3.63) is 75.2 Å². The lowest BCUT2D eigenvalue weighted by Gasteiger charge is -2.33. The van der Waals surface area contributed by atoms with Crippen molar-refractivity contribution in [3.8, 4) is 11.1 Å². The number of carbonyl (C=O) groups excluding carboxylic acids is 1. The predicted molar refractivity (Wildman–Crippen MR) is 118 cm³/mol. The fourth-order valence-electron chi connectivity index (χ4n) is 4.32. The van der Waals surface area contributed by atoms with Crippen LogP contribution in [0.2, 0.25) is 4.34 Å². The van der Waals surface area contributed by atoms with E-state index < -0.39 is 11.9 Å². The molecule has 1 atom stereocenters. The number of hydrogen-bond acceptors (Lipinski definition) is 3. The number of hydrogen-bond donors (Lipinski definition) is 0. The van der Waals surface area contributed by atoms with E-state index in [2.05, 4.69) is 11.7 Å². The molecule has 0 spiro atoms. The highest BCUT2D eigenvalue weighted by atomic mass is 35.5. The van der Waals surface area contributed by atoms with E-state index in [0.29, 0.717) is 28.6 Å². The summed E-state index contributed by atoms with van der Waals surface area (Å²) < 4.78 is 43.7. The average molecular weight is 478 g/mol. The van der Waals surface area contributed by atoms with Gasteiger partial charge in [-0.25, -0.2) is 0 Å². The summed E-state index contributed by atoms with van der Waals surface area (Å²) in [5, 5.41) is 3.91. The molecule has 1 unspecified atom stereocenters. The molecule has 1 saturated carbocycles. The van der Waals surface area contributed by atoms with E-state index >= 15 is 0 Å². The lowest BCUT2D eigenvalue weighted by Crippen LogP contribution is -2.37. The second-order valence-corrected chi connectivity index (χ2v) is 9.86. The second kappa shape index (κ2) is 7.78. The van der Waals surface area contributed by atoms with Gasteiger partial charge in [-0.2, -0.15) is 18.3 Å². The van der Waals surface area contributed by atoms with E-state index in [-0.39, 0.29) is 23.4 Å². The van der Waals surface area contributed by atoms with Gasteiger partial charge in [0.1, 0.15) is 0 Å². The van der Waals surface area contributed by atoms with E-state index in [1.54, 1.807) is 23.1 Å². The second-order valence-electron chi connectivity index (χ2n) is 8.09. The smallest absolute Gasteiger partial charge is 0.333 e. The number of fused-ring (bicyclic) bond motifs is 1. The highest BCUT2D eigenvalue weighted by molar-refractivity contribution is 7.16. The molecule has 5 rings (SSSR count). The fraction of sp³-hybridized carbons (Fsp3) is 0.304. The first-order chi connectivity index (χ1) is 15.3. The number of alkyl halides is 3.